The number of aliphatic hydroxyl groups excluding tert-OH is 1. The lowest BCUT2D eigenvalue weighted by molar-refractivity contribution is -0.140. The highest BCUT2D eigenvalue weighted by Gasteiger charge is 2.35. The second-order valence-corrected chi connectivity index (χ2v) is 4.11. The van der Waals surface area contributed by atoms with Crippen molar-refractivity contribution < 1.29 is 32.2 Å². The van der Waals surface area contributed by atoms with Crippen molar-refractivity contribution in [2.45, 2.75) is 12.6 Å². The van der Waals surface area contributed by atoms with E-state index < -0.39 is 29.0 Å². The highest BCUT2D eigenvalue weighted by atomic mass is 19.4. The second-order valence-electron chi connectivity index (χ2n) is 4.11. The van der Waals surface area contributed by atoms with Gasteiger partial charge in [-0.15, -0.1) is 0 Å². The zero-order valence-corrected chi connectivity index (χ0v) is 11.0. The maximum atomic E-state index is 13.7. The molecule has 1 aromatic rings. The fourth-order valence-electron chi connectivity index (χ4n) is 1.56. The fraction of sp³-hybridized carbons (Fsp3) is 0.462. The molecule has 0 aliphatic carbocycles. The number of rotatable bonds is 7. The van der Waals surface area contributed by atoms with Crippen LogP contribution >= 0.6 is 0 Å². The SMILES string of the molecule is O=C(NCCCOCCO)c1cccc(C(F)(F)F)c1F. The molecule has 0 bridgehead atoms. The number of carbonyl (C=O) groups excluding carboxylic acids is 1. The summed E-state index contributed by atoms with van der Waals surface area (Å²) in [4.78, 5) is 11.6. The highest BCUT2D eigenvalue weighted by Crippen LogP contribution is 2.32. The Balaban J connectivity index is 2.59. The van der Waals surface area contributed by atoms with E-state index in [1.165, 1.54) is 0 Å². The second kappa shape index (κ2) is 7.94. The van der Waals surface area contributed by atoms with E-state index in [9.17, 15) is 22.4 Å². The third-order valence-electron chi connectivity index (χ3n) is 2.54. The van der Waals surface area contributed by atoms with Gasteiger partial charge in [-0.05, 0) is 18.6 Å². The fourth-order valence-corrected chi connectivity index (χ4v) is 1.56. The number of halogens is 4. The van der Waals surface area contributed by atoms with E-state index in [1.807, 2.05) is 0 Å². The first-order chi connectivity index (χ1) is 9.88. The maximum Gasteiger partial charge on any atom is 0.419 e. The maximum absolute atomic E-state index is 13.7. The first-order valence-electron chi connectivity index (χ1n) is 6.20. The summed E-state index contributed by atoms with van der Waals surface area (Å²) in [5.41, 5.74) is -2.12. The Kier molecular flexibility index (Phi) is 6.57. The van der Waals surface area contributed by atoms with Crippen molar-refractivity contribution in [2.75, 3.05) is 26.4 Å². The van der Waals surface area contributed by atoms with Crippen LogP contribution in [-0.2, 0) is 10.9 Å². The van der Waals surface area contributed by atoms with Crippen LogP contribution in [0.1, 0.15) is 22.3 Å². The monoisotopic (exact) mass is 309 g/mol. The Morgan fingerprint density at radius 3 is 2.62 bits per heavy atom. The van der Waals surface area contributed by atoms with Gasteiger partial charge in [-0.1, -0.05) is 6.07 Å². The molecule has 118 valence electrons. The van der Waals surface area contributed by atoms with Crippen molar-refractivity contribution >= 4 is 5.91 Å². The molecule has 8 heteroatoms. The number of alkyl halides is 3. The van der Waals surface area contributed by atoms with Gasteiger partial charge in [0.25, 0.3) is 5.91 Å². The Labute approximate surface area is 118 Å². The number of hydrogen-bond donors (Lipinski definition) is 2. The van der Waals surface area contributed by atoms with Gasteiger partial charge in [0.2, 0.25) is 0 Å². The minimum Gasteiger partial charge on any atom is -0.394 e. The molecule has 0 aromatic heterocycles. The molecule has 0 spiro atoms. The minimum absolute atomic E-state index is 0.123. The molecular weight excluding hydrogens is 294 g/mol. The number of hydrogen-bond acceptors (Lipinski definition) is 3. The van der Waals surface area contributed by atoms with Crippen molar-refractivity contribution in [2.24, 2.45) is 0 Å². The summed E-state index contributed by atoms with van der Waals surface area (Å²) in [6.07, 6.45) is -4.45. The molecule has 0 saturated carbocycles. The van der Waals surface area contributed by atoms with Crippen molar-refractivity contribution in [1.82, 2.24) is 5.32 Å². The summed E-state index contributed by atoms with van der Waals surface area (Å²) in [6.45, 7) is 0.434. The lowest BCUT2D eigenvalue weighted by atomic mass is 10.1. The third-order valence-corrected chi connectivity index (χ3v) is 2.54. The van der Waals surface area contributed by atoms with E-state index in [2.05, 4.69) is 5.32 Å². The molecule has 0 aliphatic rings. The number of nitrogens with one attached hydrogen (secondary N) is 1. The van der Waals surface area contributed by atoms with Gasteiger partial charge < -0.3 is 15.2 Å². The van der Waals surface area contributed by atoms with Gasteiger partial charge in [-0.3, -0.25) is 4.79 Å². The average Bonchev–Trinajstić information content (AvgIpc) is 2.41. The highest BCUT2D eigenvalue weighted by molar-refractivity contribution is 5.94. The molecule has 1 amide bonds. The molecule has 2 N–H and O–H groups in total. The number of benzene rings is 1. The van der Waals surface area contributed by atoms with Crippen LogP contribution in [0.2, 0.25) is 0 Å². The minimum atomic E-state index is -4.85. The van der Waals surface area contributed by atoms with Crippen LogP contribution in [0.15, 0.2) is 18.2 Å². The van der Waals surface area contributed by atoms with Gasteiger partial charge in [0, 0.05) is 13.2 Å². The Morgan fingerprint density at radius 1 is 1.29 bits per heavy atom. The van der Waals surface area contributed by atoms with Crippen molar-refractivity contribution in [1.29, 1.82) is 0 Å². The Hall–Kier alpha value is -1.67. The van der Waals surface area contributed by atoms with Crippen LogP contribution in [0.4, 0.5) is 17.6 Å². The number of carbonyl (C=O) groups is 1. The zero-order valence-electron chi connectivity index (χ0n) is 11.0. The van der Waals surface area contributed by atoms with Crippen LogP contribution in [0.5, 0.6) is 0 Å². The van der Waals surface area contributed by atoms with E-state index in [0.29, 0.717) is 12.5 Å². The summed E-state index contributed by atoms with van der Waals surface area (Å²) >= 11 is 0. The first kappa shape index (κ1) is 17.4. The molecular formula is C13H15F4NO3. The topological polar surface area (TPSA) is 58.6 Å². The molecule has 0 unspecified atom stereocenters. The van der Waals surface area contributed by atoms with E-state index in [-0.39, 0.29) is 26.4 Å². The predicted octanol–water partition coefficient (Wildman–Crippen LogP) is 1.97. The third kappa shape index (κ3) is 5.31. The van der Waals surface area contributed by atoms with Crippen LogP contribution in [0.3, 0.4) is 0 Å². The van der Waals surface area contributed by atoms with Gasteiger partial charge >= 0.3 is 6.18 Å². The summed E-state index contributed by atoms with van der Waals surface area (Å²) < 4.78 is 56.1. The van der Waals surface area contributed by atoms with Crippen molar-refractivity contribution in [3.63, 3.8) is 0 Å². The molecule has 0 aliphatic heterocycles. The van der Waals surface area contributed by atoms with Crippen LogP contribution in [-0.4, -0.2) is 37.4 Å². The average molecular weight is 309 g/mol. The van der Waals surface area contributed by atoms with Crippen molar-refractivity contribution in [3.05, 3.63) is 35.1 Å². The molecule has 4 nitrogen and oxygen atoms in total. The number of aliphatic hydroxyl groups is 1. The van der Waals surface area contributed by atoms with E-state index >= 15 is 0 Å². The van der Waals surface area contributed by atoms with Gasteiger partial charge in [0.05, 0.1) is 24.3 Å². The molecule has 0 atom stereocenters. The normalized spacial score (nSPS) is 11.5. The molecule has 0 heterocycles. The lowest BCUT2D eigenvalue weighted by Crippen LogP contribution is -2.27. The molecule has 21 heavy (non-hydrogen) atoms. The molecule has 0 saturated heterocycles. The van der Waals surface area contributed by atoms with Gasteiger partial charge in [-0.2, -0.15) is 13.2 Å². The van der Waals surface area contributed by atoms with Gasteiger partial charge in [0.15, 0.2) is 0 Å². The molecule has 1 rings (SSSR count). The molecule has 0 radical (unpaired) electrons. The molecule has 1 aromatic carbocycles. The van der Waals surface area contributed by atoms with Crippen LogP contribution in [0, 0.1) is 5.82 Å². The quantitative estimate of drug-likeness (QED) is 0.598. The Morgan fingerprint density at radius 2 is 2.00 bits per heavy atom. The summed E-state index contributed by atoms with van der Waals surface area (Å²) in [6, 6.07) is 2.54. The summed E-state index contributed by atoms with van der Waals surface area (Å²) in [5.74, 6) is -2.50. The van der Waals surface area contributed by atoms with E-state index in [1.54, 1.807) is 0 Å². The van der Waals surface area contributed by atoms with Crippen molar-refractivity contribution in [3.8, 4) is 0 Å². The standard InChI is InChI=1S/C13H15F4NO3/c14-11-9(3-1-4-10(11)13(15,16)17)12(20)18-5-2-7-21-8-6-19/h1,3-4,19H,2,5-8H2,(H,18,20). The van der Waals surface area contributed by atoms with Crippen LogP contribution in [0.25, 0.3) is 0 Å². The van der Waals surface area contributed by atoms with Gasteiger partial charge in [-0.25, -0.2) is 4.39 Å². The summed E-state index contributed by atoms with van der Waals surface area (Å²) in [7, 11) is 0. The van der Waals surface area contributed by atoms with E-state index in [0.717, 1.165) is 12.1 Å². The number of ether oxygens (including phenoxy) is 1. The first-order valence-corrected chi connectivity index (χ1v) is 6.20. The number of amides is 1. The van der Waals surface area contributed by atoms with Gasteiger partial charge in [0.1, 0.15) is 5.82 Å². The largest absolute Gasteiger partial charge is 0.419 e. The zero-order chi connectivity index (χ0) is 15.9. The molecule has 0 fully saturated rings. The lowest BCUT2D eigenvalue weighted by Gasteiger charge is -2.11. The summed E-state index contributed by atoms with van der Waals surface area (Å²) in [5, 5.41) is 10.8. The Bertz CT molecular complexity index is 477. The predicted molar refractivity (Wildman–Crippen MR) is 66.3 cm³/mol. The smallest absolute Gasteiger partial charge is 0.394 e. The van der Waals surface area contributed by atoms with Crippen LogP contribution < -0.4 is 5.32 Å². The van der Waals surface area contributed by atoms with E-state index in [4.69, 9.17) is 9.84 Å².